The van der Waals surface area contributed by atoms with E-state index in [4.69, 9.17) is 0 Å². The summed E-state index contributed by atoms with van der Waals surface area (Å²) in [6.07, 6.45) is 0.852. The van der Waals surface area contributed by atoms with Crippen LogP contribution in [0.3, 0.4) is 0 Å². The molecule has 0 spiro atoms. The van der Waals surface area contributed by atoms with Crippen LogP contribution in [0.25, 0.3) is 0 Å². The second kappa shape index (κ2) is 6.26. The predicted molar refractivity (Wildman–Crippen MR) is 79.9 cm³/mol. The monoisotopic (exact) mass is 287 g/mol. The SMILES string of the molecule is O=C(c1ccccc1)N1CCCN(C(=O)C2CNC2)CC1. The summed E-state index contributed by atoms with van der Waals surface area (Å²) in [4.78, 5) is 28.5. The quantitative estimate of drug-likeness (QED) is 0.866. The minimum absolute atomic E-state index is 0.0650. The van der Waals surface area contributed by atoms with Gasteiger partial charge in [-0.15, -0.1) is 0 Å². The van der Waals surface area contributed by atoms with Gasteiger partial charge in [0.25, 0.3) is 5.91 Å². The average Bonchev–Trinajstić information content (AvgIpc) is 2.71. The van der Waals surface area contributed by atoms with Gasteiger partial charge < -0.3 is 15.1 Å². The molecule has 21 heavy (non-hydrogen) atoms. The summed E-state index contributed by atoms with van der Waals surface area (Å²) < 4.78 is 0. The first-order chi connectivity index (χ1) is 10.3. The number of benzene rings is 1. The molecule has 2 amide bonds. The number of carbonyl (C=O) groups is 2. The van der Waals surface area contributed by atoms with E-state index in [-0.39, 0.29) is 17.7 Å². The number of hydrogen-bond donors (Lipinski definition) is 1. The Morgan fingerprint density at radius 2 is 1.62 bits per heavy atom. The molecule has 0 aromatic heterocycles. The molecular weight excluding hydrogens is 266 g/mol. The van der Waals surface area contributed by atoms with Crippen LogP contribution < -0.4 is 5.32 Å². The van der Waals surface area contributed by atoms with Crippen LogP contribution >= 0.6 is 0 Å². The fourth-order valence-corrected chi connectivity index (χ4v) is 2.83. The second-order valence-electron chi connectivity index (χ2n) is 5.69. The third-order valence-electron chi connectivity index (χ3n) is 4.25. The van der Waals surface area contributed by atoms with Gasteiger partial charge in [-0.1, -0.05) is 18.2 Å². The molecule has 1 aromatic carbocycles. The Kier molecular flexibility index (Phi) is 4.20. The summed E-state index contributed by atoms with van der Waals surface area (Å²) in [5, 5.41) is 3.13. The van der Waals surface area contributed by atoms with Crippen molar-refractivity contribution in [1.29, 1.82) is 0 Å². The van der Waals surface area contributed by atoms with E-state index < -0.39 is 0 Å². The first kappa shape index (κ1) is 14.1. The Labute approximate surface area is 124 Å². The molecule has 2 fully saturated rings. The highest BCUT2D eigenvalue weighted by molar-refractivity contribution is 5.94. The zero-order chi connectivity index (χ0) is 14.7. The number of nitrogens with zero attached hydrogens (tertiary/aromatic N) is 2. The highest BCUT2D eigenvalue weighted by Gasteiger charge is 2.30. The van der Waals surface area contributed by atoms with Crippen LogP contribution in [-0.2, 0) is 4.79 Å². The molecule has 112 valence electrons. The van der Waals surface area contributed by atoms with Crippen molar-refractivity contribution in [3.8, 4) is 0 Å². The lowest BCUT2D eigenvalue weighted by atomic mass is 10.0. The van der Waals surface area contributed by atoms with Crippen molar-refractivity contribution in [2.75, 3.05) is 39.3 Å². The fourth-order valence-electron chi connectivity index (χ4n) is 2.83. The summed E-state index contributed by atoms with van der Waals surface area (Å²) in [6.45, 7) is 4.34. The molecule has 2 heterocycles. The number of nitrogens with one attached hydrogen (secondary N) is 1. The molecule has 0 bridgehead atoms. The van der Waals surface area contributed by atoms with E-state index in [1.165, 1.54) is 0 Å². The highest BCUT2D eigenvalue weighted by atomic mass is 16.2. The summed E-state index contributed by atoms with van der Waals surface area (Å²) >= 11 is 0. The third-order valence-corrected chi connectivity index (χ3v) is 4.25. The third kappa shape index (κ3) is 3.08. The van der Waals surface area contributed by atoms with Crippen molar-refractivity contribution >= 4 is 11.8 Å². The van der Waals surface area contributed by atoms with E-state index in [0.29, 0.717) is 13.1 Å². The van der Waals surface area contributed by atoms with Crippen molar-refractivity contribution in [2.45, 2.75) is 6.42 Å². The topological polar surface area (TPSA) is 52.7 Å². The molecule has 0 unspecified atom stereocenters. The number of rotatable bonds is 2. The van der Waals surface area contributed by atoms with Crippen LogP contribution in [0.15, 0.2) is 30.3 Å². The van der Waals surface area contributed by atoms with E-state index in [2.05, 4.69) is 5.32 Å². The van der Waals surface area contributed by atoms with E-state index >= 15 is 0 Å². The van der Waals surface area contributed by atoms with Crippen LogP contribution in [0.4, 0.5) is 0 Å². The normalized spacial score (nSPS) is 19.8. The first-order valence-corrected chi connectivity index (χ1v) is 7.59. The molecule has 5 nitrogen and oxygen atoms in total. The summed E-state index contributed by atoms with van der Waals surface area (Å²) in [7, 11) is 0. The lowest BCUT2D eigenvalue weighted by molar-refractivity contribution is -0.136. The summed E-state index contributed by atoms with van der Waals surface area (Å²) in [5.74, 6) is 0.444. The van der Waals surface area contributed by atoms with Gasteiger partial charge in [0.05, 0.1) is 5.92 Å². The van der Waals surface area contributed by atoms with Gasteiger partial charge in [0.1, 0.15) is 0 Å². The van der Waals surface area contributed by atoms with E-state index in [0.717, 1.165) is 38.2 Å². The molecule has 0 atom stereocenters. The van der Waals surface area contributed by atoms with Crippen molar-refractivity contribution in [2.24, 2.45) is 5.92 Å². The maximum Gasteiger partial charge on any atom is 0.253 e. The molecule has 2 aliphatic heterocycles. The number of amides is 2. The Hall–Kier alpha value is -1.88. The second-order valence-corrected chi connectivity index (χ2v) is 5.69. The molecule has 3 rings (SSSR count). The summed E-state index contributed by atoms with van der Waals surface area (Å²) in [5.41, 5.74) is 0.723. The lowest BCUT2D eigenvalue weighted by Gasteiger charge is -2.31. The zero-order valence-corrected chi connectivity index (χ0v) is 12.1. The molecule has 1 aromatic rings. The molecule has 2 saturated heterocycles. The molecule has 0 radical (unpaired) electrons. The molecular formula is C16H21N3O2. The van der Waals surface area contributed by atoms with Crippen LogP contribution in [-0.4, -0.2) is 60.9 Å². The zero-order valence-electron chi connectivity index (χ0n) is 12.1. The highest BCUT2D eigenvalue weighted by Crippen LogP contribution is 2.13. The van der Waals surface area contributed by atoms with Gasteiger partial charge in [-0.3, -0.25) is 9.59 Å². The van der Waals surface area contributed by atoms with Crippen LogP contribution in [0.5, 0.6) is 0 Å². The van der Waals surface area contributed by atoms with Gasteiger partial charge in [-0.2, -0.15) is 0 Å². The van der Waals surface area contributed by atoms with Crippen molar-refractivity contribution < 1.29 is 9.59 Å². The van der Waals surface area contributed by atoms with Gasteiger partial charge in [0.2, 0.25) is 5.91 Å². The molecule has 0 saturated carbocycles. The van der Waals surface area contributed by atoms with Crippen LogP contribution in [0.2, 0.25) is 0 Å². The van der Waals surface area contributed by atoms with Gasteiger partial charge in [-0.25, -0.2) is 0 Å². The molecule has 0 aliphatic carbocycles. The standard InChI is InChI=1S/C16H21N3O2/c20-15(13-5-2-1-3-6-13)18-7-4-8-19(10-9-18)16(21)14-11-17-12-14/h1-3,5-6,14,17H,4,7-12H2. The van der Waals surface area contributed by atoms with Crippen molar-refractivity contribution in [3.63, 3.8) is 0 Å². The van der Waals surface area contributed by atoms with Gasteiger partial charge >= 0.3 is 0 Å². The largest absolute Gasteiger partial charge is 0.341 e. The first-order valence-electron chi connectivity index (χ1n) is 7.59. The predicted octanol–water partition coefficient (Wildman–Crippen LogP) is 0.580. The van der Waals surface area contributed by atoms with Gasteiger partial charge in [-0.05, 0) is 18.6 Å². The number of hydrogen-bond acceptors (Lipinski definition) is 3. The smallest absolute Gasteiger partial charge is 0.253 e. The molecule has 5 heteroatoms. The Morgan fingerprint density at radius 3 is 2.29 bits per heavy atom. The molecule has 1 N–H and O–H groups in total. The minimum atomic E-state index is 0.0650. The Morgan fingerprint density at radius 1 is 0.952 bits per heavy atom. The molecule has 2 aliphatic rings. The lowest BCUT2D eigenvalue weighted by Crippen LogP contribution is -2.52. The van der Waals surface area contributed by atoms with Crippen LogP contribution in [0.1, 0.15) is 16.8 Å². The average molecular weight is 287 g/mol. The van der Waals surface area contributed by atoms with Gasteiger partial charge in [0.15, 0.2) is 0 Å². The fraction of sp³-hybridized carbons (Fsp3) is 0.500. The maximum absolute atomic E-state index is 12.4. The van der Waals surface area contributed by atoms with E-state index in [1.807, 2.05) is 40.1 Å². The van der Waals surface area contributed by atoms with Crippen LogP contribution in [0, 0.1) is 5.92 Å². The number of carbonyl (C=O) groups excluding carboxylic acids is 2. The van der Waals surface area contributed by atoms with E-state index in [9.17, 15) is 9.59 Å². The van der Waals surface area contributed by atoms with Gasteiger partial charge in [0, 0.05) is 44.8 Å². The van der Waals surface area contributed by atoms with E-state index in [1.54, 1.807) is 0 Å². The van der Waals surface area contributed by atoms with Crippen molar-refractivity contribution in [3.05, 3.63) is 35.9 Å². The Balaban J connectivity index is 1.60. The summed E-state index contributed by atoms with van der Waals surface area (Å²) in [6, 6.07) is 9.35. The Bertz CT molecular complexity index is 514. The minimum Gasteiger partial charge on any atom is -0.341 e. The maximum atomic E-state index is 12.4. The van der Waals surface area contributed by atoms with Crippen molar-refractivity contribution in [1.82, 2.24) is 15.1 Å².